The van der Waals surface area contributed by atoms with Crippen LogP contribution in [0.1, 0.15) is 110 Å². The minimum absolute atomic E-state index is 0.00584. The van der Waals surface area contributed by atoms with Crippen molar-refractivity contribution >= 4 is 16.1 Å². The van der Waals surface area contributed by atoms with E-state index in [4.69, 9.17) is 4.74 Å². The van der Waals surface area contributed by atoms with E-state index < -0.39 is 80.7 Å². The highest BCUT2D eigenvalue weighted by Crippen LogP contribution is 2.63. The van der Waals surface area contributed by atoms with Gasteiger partial charge in [0.05, 0.1) is 13.1 Å². The summed E-state index contributed by atoms with van der Waals surface area (Å²) in [7, 11) is -7.35. The number of carbonyl (C=O) groups is 1. The zero-order valence-electron chi connectivity index (χ0n) is 28.6. The Kier molecular flexibility index (Phi) is 17.3. The van der Waals surface area contributed by atoms with Gasteiger partial charge in [0, 0.05) is 13.6 Å². The molecule has 1 aliphatic rings. The first-order chi connectivity index (χ1) is 23.6. The highest BCUT2D eigenvalue weighted by atomic mass is 32.2. The van der Waals surface area contributed by atoms with Gasteiger partial charge in [-0.2, -0.15) is 70.2 Å². The van der Waals surface area contributed by atoms with Gasteiger partial charge in [-0.05, 0) is 6.42 Å². The van der Waals surface area contributed by atoms with Gasteiger partial charge < -0.3 is 9.64 Å². The van der Waals surface area contributed by atoms with E-state index in [0.29, 0.717) is 12.8 Å². The highest BCUT2D eigenvalue weighted by molar-refractivity contribution is 7.90. The molecule has 0 aliphatic carbocycles. The summed E-state index contributed by atoms with van der Waals surface area (Å²) in [5.41, 5.74) is 0. The number of likely N-dealkylation sites (N-methyl/N-ethyl adjacent to an activating group) is 1. The van der Waals surface area contributed by atoms with Crippen LogP contribution in [0.2, 0.25) is 0 Å². The lowest BCUT2D eigenvalue weighted by molar-refractivity contribution is -0.447. The molecule has 1 heterocycles. The van der Waals surface area contributed by atoms with Crippen LogP contribution in [0.5, 0.6) is 0 Å². The highest BCUT2D eigenvalue weighted by Gasteiger charge is 2.94. The van der Waals surface area contributed by atoms with Crippen molar-refractivity contribution in [1.82, 2.24) is 9.21 Å². The van der Waals surface area contributed by atoms with Gasteiger partial charge in [-0.25, -0.2) is 13.2 Å². The van der Waals surface area contributed by atoms with Crippen LogP contribution < -0.4 is 0 Å². The van der Waals surface area contributed by atoms with Gasteiger partial charge in [0.2, 0.25) is 0 Å². The molecule has 0 aromatic rings. The molecule has 0 spiro atoms. The predicted molar refractivity (Wildman–Crippen MR) is 159 cm³/mol. The average molecular weight is 815 g/mol. The van der Waals surface area contributed by atoms with Gasteiger partial charge >= 0.3 is 47.1 Å². The lowest BCUT2D eigenvalue weighted by Crippen LogP contribution is -2.73. The third-order valence-corrected chi connectivity index (χ3v) is 10.6. The molecule has 1 unspecified atom stereocenters. The van der Waals surface area contributed by atoms with E-state index in [9.17, 15) is 79.1 Å². The Labute approximate surface area is 292 Å². The summed E-state index contributed by atoms with van der Waals surface area (Å²) >= 11 is 0. The van der Waals surface area contributed by atoms with Crippen molar-refractivity contribution < 1.29 is 83.8 Å². The van der Waals surface area contributed by atoms with Crippen LogP contribution in [-0.4, -0.2) is 97.5 Å². The number of unbranched alkanes of at least 4 members (excludes halogenated alkanes) is 15. The van der Waals surface area contributed by atoms with Crippen molar-refractivity contribution in [3.05, 3.63) is 0 Å². The fraction of sp³-hybridized carbons (Fsp3) is 0.967. The summed E-state index contributed by atoms with van der Waals surface area (Å²) in [6, 6.07) is 0. The smallest absolute Gasteiger partial charge is 0.443 e. The molecule has 310 valence electrons. The molecule has 0 aromatic heterocycles. The second-order valence-electron chi connectivity index (χ2n) is 12.9. The molecule has 1 amide bonds. The molecule has 1 saturated heterocycles. The van der Waals surface area contributed by atoms with E-state index in [2.05, 4.69) is 6.92 Å². The van der Waals surface area contributed by atoms with Crippen molar-refractivity contribution in [3.63, 3.8) is 0 Å². The van der Waals surface area contributed by atoms with Gasteiger partial charge in [-0.3, -0.25) is 0 Å². The maximum atomic E-state index is 14.5. The first-order valence-corrected chi connectivity index (χ1v) is 18.3. The molecule has 0 aromatic carbocycles. The topological polar surface area (TPSA) is 66.9 Å². The van der Waals surface area contributed by atoms with Gasteiger partial charge in [-0.15, -0.1) is 0 Å². The molecule has 0 bridgehead atoms. The first-order valence-electron chi connectivity index (χ1n) is 16.8. The van der Waals surface area contributed by atoms with E-state index in [-0.39, 0.29) is 13.6 Å². The van der Waals surface area contributed by atoms with Crippen LogP contribution in [-0.2, 0) is 14.8 Å². The maximum absolute atomic E-state index is 14.5. The monoisotopic (exact) mass is 814 g/mol. The van der Waals surface area contributed by atoms with E-state index in [1.165, 1.54) is 51.4 Å². The minimum Gasteiger partial charge on any atom is -0.443 e. The van der Waals surface area contributed by atoms with Gasteiger partial charge in [0.15, 0.2) is 0 Å². The number of carbonyl (C=O) groups excluding carboxylic acids is 1. The quantitative estimate of drug-likeness (QED) is 0.0644. The van der Waals surface area contributed by atoms with Crippen molar-refractivity contribution in [2.75, 3.05) is 26.7 Å². The maximum Gasteiger partial charge on any atom is 0.460 e. The Morgan fingerprint density at radius 2 is 0.942 bits per heavy atom. The number of hydrogen-bond acceptors (Lipinski definition) is 4. The molecular formula is C30H45F15N2O4S. The Morgan fingerprint density at radius 3 is 1.33 bits per heavy atom. The van der Waals surface area contributed by atoms with E-state index in [0.717, 1.165) is 43.4 Å². The molecule has 1 fully saturated rings. The third-order valence-electron chi connectivity index (χ3n) is 8.73. The summed E-state index contributed by atoms with van der Waals surface area (Å²) in [6.45, 7) is 0.132. The summed E-state index contributed by atoms with van der Waals surface area (Å²) in [4.78, 5) is 13.1. The molecular weight excluding hydrogens is 769 g/mol. The molecule has 0 saturated carbocycles. The predicted octanol–water partition coefficient (Wildman–Crippen LogP) is 10.7. The van der Waals surface area contributed by atoms with Gasteiger partial charge in [0.25, 0.3) is 10.0 Å². The number of hydrogen-bond donors (Lipinski definition) is 0. The van der Waals surface area contributed by atoms with E-state index in [1.54, 1.807) is 0 Å². The number of amides is 1. The zero-order valence-corrected chi connectivity index (χ0v) is 29.4. The van der Waals surface area contributed by atoms with Crippen LogP contribution in [0.15, 0.2) is 0 Å². The SMILES string of the molecule is CCCCCCCCCCCCCCCCCCN1CC(CN(C)S(=O)(=O)C(F)(F)C(F)(F)C(F)(F)C(F)(F)C(F)(F)C(F)(F)C(F)(F)F)OC1=O. The lowest BCUT2D eigenvalue weighted by atomic mass is 9.94. The largest absolute Gasteiger partial charge is 0.460 e. The van der Waals surface area contributed by atoms with Gasteiger partial charge in [-0.1, -0.05) is 103 Å². The van der Waals surface area contributed by atoms with Crippen molar-refractivity contribution in [3.8, 4) is 0 Å². The molecule has 0 radical (unpaired) electrons. The molecule has 22 heteroatoms. The summed E-state index contributed by atoms with van der Waals surface area (Å²) in [5.74, 6) is -42.1. The average Bonchev–Trinajstić information content (AvgIpc) is 3.37. The minimum atomic E-state index is -8.62. The summed E-state index contributed by atoms with van der Waals surface area (Å²) < 4.78 is 231. The van der Waals surface area contributed by atoms with Crippen LogP contribution in [0, 0.1) is 0 Å². The Balaban J connectivity index is 2.67. The molecule has 1 aliphatic heterocycles. The Bertz CT molecular complexity index is 1220. The molecule has 6 nitrogen and oxygen atoms in total. The Hall–Kier alpha value is -1.87. The second kappa shape index (κ2) is 18.6. The van der Waals surface area contributed by atoms with E-state index in [1.807, 2.05) is 0 Å². The summed E-state index contributed by atoms with van der Waals surface area (Å²) in [5, 5.41) is -7.53. The number of rotatable bonds is 26. The first kappa shape index (κ1) is 48.1. The summed E-state index contributed by atoms with van der Waals surface area (Å²) in [6.07, 6.45) is 6.33. The van der Waals surface area contributed by atoms with Crippen molar-refractivity contribution in [1.29, 1.82) is 0 Å². The molecule has 0 N–H and O–H groups in total. The number of alkyl halides is 15. The Morgan fingerprint density at radius 1 is 0.596 bits per heavy atom. The number of cyclic esters (lactones) is 1. The van der Waals surface area contributed by atoms with Gasteiger partial charge in [0.1, 0.15) is 6.10 Å². The number of ether oxygens (including phenoxy) is 1. The van der Waals surface area contributed by atoms with Crippen LogP contribution in [0.3, 0.4) is 0 Å². The van der Waals surface area contributed by atoms with Crippen molar-refractivity contribution in [2.24, 2.45) is 0 Å². The fourth-order valence-corrected chi connectivity index (χ4v) is 6.60. The molecule has 1 rings (SSSR count). The van der Waals surface area contributed by atoms with Crippen molar-refractivity contribution in [2.45, 2.75) is 157 Å². The van der Waals surface area contributed by atoms with Crippen LogP contribution in [0.4, 0.5) is 70.7 Å². The lowest BCUT2D eigenvalue weighted by Gasteiger charge is -2.41. The standard InChI is InChI=1S/C30H45F15N2O4S/c1-3-4-5-6-7-8-9-10-11-12-13-14-15-16-17-18-19-47-21-22(51-23(47)48)20-46(2)52(49,50)30(44,45)28(39,40)26(35,36)24(31,32)25(33,34)27(37,38)29(41,42)43/h22H,3-21H2,1-2H3. The van der Waals surface area contributed by atoms with E-state index >= 15 is 0 Å². The number of nitrogens with zero attached hydrogens (tertiary/aromatic N) is 2. The third kappa shape index (κ3) is 10.5. The molecule has 1 atom stereocenters. The zero-order chi connectivity index (χ0) is 40.5. The number of halogens is 15. The molecule has 52 heavy (non-hydrogen) atoms. The fourth-order valence-electron chi connectivity index (χ4n) is 5.40. The second-order valence-corrected chi connectivity index (χ2v) is 15.0. The van der Waals surface area contributed by atoms with Crippen LogP contribution >= 0.6 is 0 Å². The normalized spacial score (nSPS) is 17.4. The van der Waals surface area contributed by atoms with Crippen LogP contribution in [0.25, 0.3) is 0 Å². The number of sulfonamides is 1.